The Labute approximate surface area is 109 Å². The van der Waals surface area contributed by atoms with Crippen molar-refractivity contribution in [1.29, 1.82) is 0 Å². The van der Waals surface area contributed by atoms with Crippen LogP contribution in [0.4, 0.5) is 0 Å². The summed E-state index contributed by atoms with van der Waals surface area (Å²) in [6.07, 6.45) is 3.31. The van der Waals surface area contributed by atoms with Crippen molar-refractivity contribution in [3.63, 3.8) is 0 Å². The number of hydrogen-bond donors (Lipinski definition) is 1. The number of hydrogen-bond acceptors (Lipinski definition) is 3. The molecule has 1 amide bonds. The van der Waals surface area contributed by atoms with Crippen LogP contribution in [0.3, 0.4) is 0 Å². The quantitative estimate of drug-likeness (QED) is 0.889. The second kappa shape index (κ2) is 5.63. The number of amides is 1. The Morgan fingerprint density at radius 2 is 2.22 bits per heavy atom. The molecule has 1 aliphatic rings. The van der Waals surface area contributed by atoms with Gasteiger partial charge in [-0.15, -0.1) is 0 Å². The maximum atomic E-state index is 12.4. The van der Waals surface area contributed by atoms with Crippen molar-refractivity contribution < 1.29 is 14.1 Å². The van der Waals surface area contributed by atoms with Crippen LogP contribution in [-0.2, 0) is 10.8 Å². The van der Waals surface area contributed by atoms with Crippen LogP contribution in [0.5, 0.6) is 0 Å². The topological polar surface area (TPSA) is 57.6 Å². The minimum absolute atomic E-state index is 0.0108. The van der Waals surface area contributed by atoms with Gasteiger partial charge in [-0.25, -0.2) is 0 Å². The predicted octanol–water partition coefficient (Wildman–Crippen LogP) is 1.02. The van der Waals surface area contributed by atoms with Crippen molar-refractivity contribution in [1.82, 2.24) is 4.90 Å². The fourth-order valence-corrected chi connectivity index (χ4v) is 3.08. The summed E-state index contributed by atoms with van der Waals surface area (Å²) in [6, 6.07) is 6.87. The van der Waals surface area contributed by atoms with Gasteiger partial charge < -0.3 is 10.0 Å². The standard InChI is InChI=1S/C13H17NO3S/c1-18(17)12-7-3-2-6-11(12)13(16)14-8-4-5-10(14)9-15/h2-3,6-7,10,15H,4-5,8-9H2,1H3/t10-,18?/m0/s1. The summed E-state index contributed by atoms with van der Waals surface area (Å²) in [4.78, 5) is 14.7. The molecule has 0 aromatic heterocycles. The number of likely N-dealkylation sites (tertiary alicyclic amines) is 1. The molecule has 0 spiro atoms. The Morgan fingerprint density at radius 3 is 2.89 bits per heavy atom. The summed E-state index contributed by atoms with van der Waals surface area (Å²) < 4.78 is 11.6. The second-order valence-corrected chi connectivity index (χ2v) is 5.78. The lowest BCUT2D eigenvalue weighted by atomic mass is 10.1. The van der Waals surface area contributed by atoms with E-state index in [2.05, 4.69) is 0 Å². The monoisotopic (exact) mass is 267 g/mol. The first-order valence-electron chi connectivity index (χ1n) is 5.99. The highest BCUT2D eigenvalue weighted by molar-refractivity contribution is 7.84. The molecule has 18 heavy (non-hydrogen) atoms. The largest absolute Gasteiger partial charge is 0.394 e. The van der Waals surface area contributed by atoms with E-state index < -0.39 is 10.8 Å². The van der Waals surface area contributed by atoms with E-state index in [1.807, 2.05) is 0 Å². The summed E-state index contributed by atoms with van der Waals surface area (Å²) >= 11 is 0. The third-order valence-corrected chi connectivity index (χ3v) is 4.25. The molecule has 1 saturated heterocycles. The zero-order valence-corrected chi connectivity index (χ0v) is 11.2. The number of carbonyl (C=O) groups excluding carboxylic acids is 1. The van der Waals surface area contributed by atoms with E-state index in [9.17, 15) is 14.1 Å². The molecule has 5 heteroatoms. The van der Waals surface area contributed by atoms with Crippen molar-refractivity contribution in [2.75, 3.05) is 19.4 Å². The normalized spacial score (nSPS) is 21.0. The molecule has 0 saturated carbocycles. The van der Waals surface area contributed by atoms with Gasteiger partial charge in [0.1, 0.15) is 0 Å². The van der Waals surface area contributed by atoms with Crippen molar-refractivity contribution in [2.45, 2.75) is 23.8 Å². The van der Waals surface area contributed by atoms with E-state index in [1.54, 1.807) is 35.4 Å². The first kappa shape index (κ1) is 13.2. The van der Waals surface area contributed by atoms with E-state index in [4.69, 9.17) is 0 Å². The Hall–Kier alpha value is -1.20. The van der Waals surface area contributed by atoms with E-state index in [-0.39, 0.29) is 18.6 Å². The van der Waals surface area contributed by atoms with Crippen molar-refractivity contribution in [3.8, 4) is 0 Å². The number of aliphatic hydroxyl groups excluding tert-OH is 1. The third-order valence-electron chi connectivity index (χ3n) is 3.28. The third kappa shape index (κ3) is 2.47. The fraction of sp³-hybridized carbons (Fsp3) is 0.462. The SMILES string of the molecule is CS(=O)c1ccccc1C(=O)N1CCC[C@H]1CO. The number of rotatable bonds is 3. The molecule has 0 aliphatic carbocycles. The molecule has 0 bridgehead atoms. The van der Waals surface area contributed by atoms with Gasteiger partial charge in [0.15, 0.2) is 0 Å². The minimum Gasteiger partial charge on any atom is -0.394 e. The van der Waals surface area contributed by atoms with Gasteiger partial charge in [-0.05, 0) is 25.0 Å². The summed E-state index contributed by atoms with van der Waals surface area (Å²) in [7, 11) is -1.18. The summed E-state index contributed by atoms with van der Waals surface area (Å²) in [5, 5.41) is 9.26. The first-order chi connectivity index (χ1) is 8.65. The molecule has 1 fully saturated rings. The van der Waals surface area contributed by atoms with Gasteiger partial charge in [0.25, 0.3) is 5.91 Å². The second-order valence-electron chi connectivity index (χ2n) is 4.43. The molecule has 1 aliphatic heterocycles. The smallest absolute Gasteiger partial charge is 0.255 e. The zero-order valence-electron chi connectivity index (χ0n) is 10.3. The van der Waals surface area contributed by atoms with Crippen LogP contribution in [0, 0.1) is 0 Å². The molecule has 98 valence electrons. The summed E-state index contributed by atoms with van der Waals surface area (Å²) in [5.74, 6) is -0.127. The van der Waals surface area contributed by atoms with Gasteiger partial charge in [-0.2, -0.15) is 0 Å². The number of benzene rings is 1. The van der Waals surface area contributed by atoms with Crippen LogP contribution >= 0.6 is 0 Å². The number of carbonyl (C=O) groups is 1. The molecule has 4 nitrogen and oxygen atoms in total. The molecule has 2 atom stereocenters. The summed E-state index contributed by atoms with van der Waals surface area (Å²) in [5.41, 5.74) is 0.485. The molecule has 1 aromatic carbocycles. The van der Waals surface area contributed by atoms with Crippen LogP contribution in [0.2, 0.25) is 0 Å². The van der Waals surface area contributed by atoms with Gasteiger partial charge in [0.05, 0.1) is 33.9 Å². The Balaban J connectivity index is 2.31. The number of aliphatic hydroxyl groups is 1. The zero-order chi connectivity index (χ0) is 13.1. The van der Waals surface area contributed by atoms with E-state index in [0.717, 1.165) is 12.8 Å². The highest BCUT2D eigenvalue weighted by Crippen LogP contribution is 2.22. The highest BCUT2D eigenvalue weighted by Gasteiger charge is 2.30. The van der Waals surface area contributed by atoms with Crippen LogP contribution in [-0.4, -0.2) is 45.6 Å². The minimum atomic E-state index is -1.18. The molecule has 1 unspecified atom stereocenters. The van der Waals surface area contributed by atoms with Gasteiger partial charge in [0, 0.05) is 12.8 Å². The van der Waals surface area contributed by atoms with Crippen LogP contribution in [0.15, 0.2) is 29.2 Å². The van der Waals surface area contributed by atoms with Crippen LogP contribution in [0.1, 0.15) is 23.2 Å². The van der Waals surface area contributed by atoms with Crippen molar-refractivity contribution in [3.05, 3.63) is 29.8 Å². The van der Waals surface area contributed by atoms with Crippen LogP contribution in [0.25, 0.3) is 0 Å². The van der Waals surface area contributed by atoms with E-state index in [0.29, 0.717) is 17.0 Å². The summed E-state index contributed by atoms with van der Waals surface area (Å²) in [6.45, 7) is 0.651. The molecule has 0 radical (unpaired) electrons. The molecule has 2 rings (SSSR count). The average molecular weight is 267 g/mol. The van der Waals surface area contributed by atoms with Crippen LogP contribution < -0.4 is 0 Å². The van der Waals surface area contributed by atoms with Gasteiger partial charge in [0.2, 0.25) is 0 Å². The number of nitrogens with zero attached hydrogens (tertiary/aromatic N) is 1. The van der Waals surface area contributed by atoms with Crippen molar-refractivity contribution in [2.24, 2.45) is 0 Å². The molecule has 1 N–H and O–H groups in total. The lowest BCUT2D eigenvalue weighted by Crippen LogP contribution is -2.38. The lowest BCUT2D eigenvalue weighted by molar-refractivity contribution is 0.0674. The Kier molecular flexibility index (Phi) is 4.14. The highest BCUT2D eigenvalue weighted by atomic mass is 32.2. The molecule has 1 heterocycles. The van der Waals surface area contributed by atoms with E-state index in [1.165, 1.54) is 0 Å². The van der Waals surface area contributed by atoms with Gasteiger partial charge in [-0.1, -0.05) is 12.1 Å². The Bertz CT molecular complexity index is 475. The Morgan fingerprint density at radius 1 is 1.50 bits per heavy atom. The molecule has 1 aromatic rings. The molecular formula is C13H17NO3S. The average Bonchev–Trinajstić information content (AvgIpc) is 2.86. The lowest BCUT2D eigenvalue weighted by Gasteiger charge is -2.23. The maximum Gasteiger partial charge on any atom is 0.255 e. The fourth-order valence-electron chi connectivity index (χ4n) is 2.34. The predicted molar refractivity (Wildman–Crippen MR) is 69.9 cm³/mol. The first-order valence-corrected chi connectivity index (χ1v) is 7.55. The van der Waals surface area contributed by atoms with Gasteiger partial charge >= 0.3 is 0 Å². The molecular weight excluding hydrogens is 250 g/mol. The maximum absolute atomic E-state index is 12.4. The van der Waals surface area contributed by atoms with Gasteiger partial charge in [-0.3, -0.25) is 9.00 Å². The van der Waals surface area contributed by atoms with E-state index >= 15 is 0 Å². The van der Waals surface area contributed by atoms with Crippen molar-refractivity contribution >= 4 is 16.7 Å².